The number of epoxide rings is 1. The van der Waals surface area contributed by atoms with Crippen molar-refractivity contribution in [1.29, 1.82) is 0 Å². The molecule has 1 aliphatic heterocycles. The molecule has 0 aromatic carbocycles. The molecule has 0 radical (unpaired) electrons. The Labute approximate surface area is 108 Å². The first-order valence-electron chi connectivity index (χ1n) is 7.02. The van der Waals surface area contributed by atoms with Crippen molar-refractivity contribution in [1.82, 2.24) is 0 Å². The Hall–Kier alpha value is 0.137. The highest BCUT2D eigenvalue weighted by Gasteiger charge is 2.46. The minimum absolute atomic E-state index is 0.130. The van der Waals surface area contributed by atoms with Gasteiger partial charge in [-0.15, -0.1) is 0 Å². The lowest BCUT2D eigenvalue weighted by Gasteiger charge is -2.42. The highest BCUT2D eigenvalue weighted by molar-refractivity contribution is 6.77. The van der Waals surface area contributed by atoms with Crippen molar-refractivity contribution in [3.8, 4) is 0 Å². The summed E-state index contributed by atoms with van der Waals surface area (Å²) in [5.74, 6) is 0. The Kier molecular flexibility index (Phi) is 4.84. The summed E-state index contributed by atoms with van der Waals surface area (Å²) in [7, 11) is -1.66. The van der Waals surface area contributed by atoms with Gasteiger partial charge in [-0.05, 0) is 23.5 Å². The Morgan fingerprint density at radius 3 is 1.76 bits per heavy atom. The average Bonchev–Trinajstić information content (AvgIpc) is 2.89. The molecule has 1 atom stereocenters. The van der Waals surface area contributed by atoms with Gasteiger partial charge in [-0.3, -0.25) is 0 Å². The molecule has 1 rings (SSSR count). The zero-order valence-electron chi connectivity index (χ0n) is 12.7. The molecule has 0 spiro atoms. The molecule has 2 nitrogen and oxygen atoms in total. The van der Waals surface area contributed by atoms with Gasteiger partial charge >= 0.3 is 0 Å². The molecule has 3 heteroatoms. The van der Waals surface area contributed by atoms with Crippen LogP contribution in [0.25, 0.3) is 0 Å². The van der Waals surface area contributed by atoms with Crippen LogP contribution in [0.1, 0.15) is 54.9 Å². The van der Waals surface area contributed by atoms with Crippen LogP contribution in [0.2, 0.25) is 16.6 Å². The van der Waals surface area contributed by atoms with Crippen molar-refractivity contribution in [2.24, 2.45) is 0 Å². The second-order valence-electron chi connectivity index (χ2n) is 6.65. The van der Waals surface area contributed by atoms with Crippen molar-refractivity contribution < 1.29 is 9.16 Å². The predicted octanol–water partition coefficient (Wildman–Crippen LogP) is 4.36. The molecule has 1 unspecified atom stereocenters. The van der Waals surface area contributed by atoms with Gasteiger partial charge in [0.15, 0.2) is 8.32 Å². The number of hydrogen-bond donors (Lipinski definition) is 0. The largest absolute Gasteiger partial charge is 0.416 e. The lowest BCUT2D eigenvalue weighted by molar-refractivity contribution is 0.220. The Morgan fingerprint density at radius 1 is 1.06 bits per heavy atom. The van der Waals surface area contributed by atoms with Crippen LogP contribution in [0, 0.1) is 0 Å². The van der Waals surface area contributed by atoms with Crippen LogP contribution in [0.5, 0.6) is 0 Å². The first-order chi connectivity index (χ1) is 7.74. The van der Waals surface area contributed by atoms with Gasteiger partial charge in [0.2, 0.25) is 0 Å². The molecular weight excluding hydrogens is 228 g/mol. The summed E-state index contributed by atoms with van der Waals surface area (Å²) in [4.78, 5) is 0. The molecule has 0 bridgehead atoms. The van der Waals surface area contributed by atoms with E-state index in [4.69, 9.17) is 9.16 Å². The lowest BCUT2D eigenvalue weighted by Crippen LogP contribution is -2.48. The van der Waals surface area contributed by atoms with Crippen LogP contribution in [-0.2, 0) is 9.16 Å². The predicted molar refractivity (Wildman–Crippen MR) is 76.0 cm³/mol. The molecule has 0 aromatic rings. The van der Waals surface area contributed by atoms with Gasteiger partial charge in [-0.2, -0.15) is 0 Å². The standard InChI is InChI=1S/C14H30O2Si/c1-11(2)17(12(3)4,13(5)6)16-9-8-14(7)10-15-14/h11-13H,8-10H2,1-7H3. The summed E-state index contributed by atoms with van der Waals surface area (Å²) in [6, 6.07) is 0. The van der Waals surface area contributed by atoms with Crippen LogP contribution < -0.4 is 0 Å². The molecule has 102 valence electrons. The van der Waals surface area contributed by atoms with E-state index < -0.39 is 8.32 Å². The van der Waals surface area contributed by atoms with Gasteiger partial charge in [0, 0.05) is 13.0 Å². The van der Waals surface area contributed by atoms with Crippen molar-refractivity contribution in [2.75, 3.05) is 13.2 Å². The van der Waals surface area contributed by atoms with E-state index in [0.29, 0.717) is 16.6 Å². The van der Waals surface area contributed by atoms with Crippen molar-refractivity contribution >= 4 is 8.32 Å². The molecule has 0 aliphatic carbocycles. The van der Waals surface area contributed by atoms with Crippen LogP contribution in [0.4, 0.5) is 0 Å². The van der Waals surface area contributed by atoms with Gasteiger partial charge in [-0.25, -0.2) is 0 Å². The fraction of sp³-hybridized carbons (Fsp3) is 1.00. The second-order valence-corrected chi connectivity index (χ2v) is 12.1. The Bertz CT molecular complexity index is 223. The van der Waals surface area contributed by atoms with E-state index in [-0.39, 0.29) is 5.60 Å². The average molecular weight is 258 g/mol. The van der Waals surface area contributed by atoms with E-state index in [1.165, 1.54) is 0 Å². The molecule has 1 heterocycles. The van der Waals surface area contributed by atoms with E-state index in [1.807, 2.05) is 0 Å². The summed E-state index contributed by atoms with van der Waals surface area (Å²) in [5.41, 5.74) is 2.16. The summed E-state index contributed by atoms with van der Waals surface area (Å²) in [5, 5.41) is 0. The number of rotatable bonds is 7. The molecular formula is C14H30O2Si. The molecule has 0 amide bonds. The van der Waals surface area contributed by atoms with Crippen LogP contribution in [0.15, 0.2) is 0 Å². The molecule has 0 N–H and O–H groups in total. The Balaban J connectivity index is 2.61. The highest BCUT2D eigenvalue weighted by atomic mass is 28.4. The monoisotopic (exact) mass is 258 g/mol. The molecule has 0 aromatic heterocycles. The second kappa shape index (κ2) is 5.41. The van der Waals surface area contributed by atoms with Crippen LogP contribution in [-0.4, -0.2) is 27.1 Å². The van der Waals surface area contributed by atoms with Crippen molar-refractivity contribution in [3.63, 3.8) is 0 Å². The van der Waals surface area contributed by atoms with Crippen molar-refractivity contribution in [2.45, 2.75) is 77.1 Å². The van der Waals surface area contributed by atoms with E-state index in [9.17, 15) is 0 Å². The lowest BCUT2D eigenvalue weighted by atomic mass is 10.1. The van der Waals surface area contributed by atoms with E-state index in [1.54, 1.807) is 0 Å². The fourth-order valence-electron chi connectivity index (χ4n) is 3.21. The maximum atomic E-state index is 6.49. The SMILES string of the molecule is CC(C)[Si](OCCC1(C)CO1)(C(C)C)C(C)C. The quantitative estimate of drug-likeness (QED) is 0.500. The molecule has 1 saturated heterocycles. The maximum absolute atomic E-state index is 6.49. The first-order valence-corrected chi connectivity index (χ1v) is 9.16. The topological polar surface area (TPSA) is 21.8 Å². The van der Waals surface area contributed by atoms with Gasteiger partial charge in [-0.1, -0.05) is 41.5 Å². The molecule has 0 saturated carbocycles. The molecule has 1 fully saturated rings. The van der Waals surface area contributed by atoms with Gasteiger partial charge < -0.3 is 9.16 Å². The van der Waals surface area contributed by atoms with E-state index in [2.05, 4.69) is 48.5 Å². The zero-order chi connectivity index (χ0) is 13.3. The van der Waals surface area contributed by atoms with Crippen LogP contribution in [0.3, 0.4) is 0 Å². The summed E-state index contributed by atoms with van der Waals surface area (Å²) in [6.45, 7) is 18.0. The first kappa shape index (κ1) is 15.2. The van der Waals surface area contributed by atoms with E-state index in [0.717, 1.165) is 19.6 Å². The highest BCUT2D eigenvalue weighted by Crippen LogP contribution is 2.42. The molecule has 17 heavy (non-hydrogen) atoms. The maximum Gasteiger partial charge on any atom is 0.200 e. The third-order valence-electron chi connectivity index (χ3n) is 4.33. The Morgan fingerprint density at radius 2 is 1.47 bits per heavy atom. The summed E-state index contributed by atoms with van der Waals surface area (Å²) in [6.07, 6.45) is 1.05. The summed E-state index contributed by atoms with van der Waals surface area (Å²) >= 11 is 0. The normalized spacial score (nSPS) is 25.1. The van der Waals surface area contributed by atoms with Crippen molar-refractivity contribution in [3.05, 3.63) is 0 Å². The third kappa shape index (κ3) is 3.33. The van der Waals surface area contributed by atoms with E-state index >= 15 is 0 Å². The third-order valence-corrected chi connectivity index (χ3v) is 10.4. The minimum atomic E-state index is -1.66. The fourth-order valence-corrected chi connectivity index (χ4v) is 8.67. The smallest absolute Gasteiger partial charge is 0.200 e. The zero-order valence-corrected chi connectivity index (χ0v) is 13.7. The number of hydrogen-bond acceptors (Lipinski definition) is 2. The molecule has 1 aliphatic rings. The van der Waals surface area contributed by atoms with Gasteiger partial charge in [0.05, 0.1) is 12.2 Å². The van der Waals surface area contributed by atoms with Gasteiger partial charge in [0.1, 0.15) is 0 Å². The van der Waals surface area contributed by atoms with Gasteiger partial charge in [0.25, 0.3) is 0 Å². The summed E-state index contributed by atoms with van der Waals surface area (Å²) < 4.78 is 11.9. The van der Waals surface area contributed by atoms with Crippen LogP contribution >= 0.6 is 0 Å². The minimum Gasteiger partial charge on any atom is -0.416 e. The number of ether oxygens (including phenoxy) is 1.